The minimum atomic E-state index is 1.04. The van der Waals surface area contributed by atoms with Crippen LogP contribution in [0.5, 0.6) is 0 Å². The molecule has 0 spiro atoms. The summed E-state index contributed by atoms with van der Waals surface area (Å²) in [5.74, 6) is 0. The zero-order chi connectivity index (χ0) is 14.1. The van der Waals surface area contributed by atoms with E-state index in [0.29, 0.717) is 0 Å². The molecule has 0 saturated carbocycles. The third-order valence-corrected chi connectivity index (χ3v) is 5.12. The molecule has 1 saturated heterocycles. The van der Waals surface area contributed by atoms with Gasteiger partial charge >= 0.3 is 0 Å². The van der Waals surface area contributed by atoms with Crippen molar-refractivity contribution in [2.24, 2.45) is 0 Å². The predicted molar refractivity (Wildman–Crippen MR) is 87.4 cm³/mol. The topological polar surface area (TPSA) is 29.0 Å². The van der Waals surface area contributed by atoms with Gasteiger partial charge in [0.2, 0.25) is 0 Å². The van der Waals surface area contributed by atoms with Crippen LogP contribution in [0.1, 0.15) is 18.4 Å². The van der Waals surface area contributed by atoms with Gasteiger partial charge in [-0.15, -0.1) is 11.3 Å². The summed E-state index contributed by atoms with van der Waals surface area (Å²) in [6, 6.07) is 11.1. The molecule has 4 rings (SSSR count). The predicted octanol–water partition coefficient (Wildman–Crippen LogP) is 3.95. The average Bonchev–Trinajstić information content (AvgIpc) is 3.16. The fraction of sp³-hybridized carbons (Fsp3) is 0.294. The highest BCUT2D eigenvalue weighted by Crippen LogP contribution is 2.32. The van der Waals surface area contributed by atoms with Crippen LogP contribution in [-0.4, -0.2) is 28.0 Å². The number of likely N-dealkylation sites (tertiary alicyclic amines) is 1. The molecule has 0 bridgehead atoms. The second-order valence-electron chi connectivity index (χ2n) is 5.57. The number of fused-ring (bicyclic) bond motifs is 1. The minimum absolute atomic E-state index is 1.04. The third kappa shape index (κ3) is 2.69. The molecule has 1 aliphatic heterocycles. The minimum Gasteiger partial charge on any atom is -0.299 e. The van der Waals surface area contributed by atoms with Crippen LogP contribution >= 0.6 is 11.3 Å². The van der Waals surface area contributed by atoms with Gasteiger partial charge in [0.15, 0.2) is 0 Å². The van der Waals surface area contributed by atoms with Crippen molar-refractivity contribution in [1.29, 1.82) is 0 Å². The van der Waals surface area contributed by atoms with Gasteiger partial charge in [-0.1, -0.05) is 18.2 Å². The Morgan fingerprint density at radius 2 is 2.05 bits per heavy atom. The van der Waals surface area contributed by atoms with Crippen LogP contribution in [0.4, 0.5) is 0 Å². The summed E-state index contributed by atoms with van der Waals surface area (Å²) in [5.41, 5.74) is 3.72. The average molecular weight is 295 g/mol. The number of benzene rings is 1. The second kappa shape index (κ2) is 5.54. The number of hydrogen-bond donors (Lipinski definition) is 0. The van der Waals surface area contributed by atoms with E-state index in [-0.39, 0.29) is 0 Å². The third-order valence-electron chi connectivity index (χ3n) is 4.01. The van der Waals surface area contributed by atoms with Gasteiger partial charge in [0.1, 0.15) is 6.33 Å². The highest BCUT2D eigenvalue weighted by Gasteiger charge is 2.12. The summed E-state index contributed by atoms with van der Waals surface area (Å²) in [4.78, 5) is 12.2. The van der Waals surface area contributed by atoms with Gasteiger partial charge in [-0.25, -0.2) is 9.97 Å². The van der Waals surface area contributed by atoms with Crippen molar-refractivity contribution < 1.29 is 0 Å². The lowest BCUT2D eigenvalue weighted by Crippen LogP contribution is -2.18. The Kier molecular flexibility index (Phi) is 3.41. The summed E-state index contributed by atoms with van der Waals surface area (Å²) < 4.78 is 1.15. The van der Waals surface area contributed by atoms with E-state index in [4.69, 9.17) is 0 Å². The quantitative estimate of drug-likeness (QED) is 0.732. The Morgan fingerprint density at radius 1 is 1.14 bits per heavy atom. The molecule has 3 aromatic rings. The van der Waals surface area contributed by atoms with Crippen molar-refractivity contribution >= 4 is 21.6 Å². The molecule has 0 aliphatic carbocycles. The molecule has 0 N–H and O–H groups in total. The summed E-state index contributed by atoms with van der Waals surface area (Å²) in [5, 5.41) is 0. The van der Waals surface area contributed by atoms with Crippen LogP contribution < -0.4 is 0 Å². The van der Waals surface area contributed by atoms with E-state index in [9.17, 15) is 0 Å². The molecule has 106 valence electrons. The molecule has 0 unspecified atom stereocenters. The van der Waals surface area contributed by atoms with Crippen molar-refractivity contribution in [3.63, 3.8) is 0 Å². The molecule has 1 fully saturated rings. The van der Waals surface area contributed by atoms with Gasteiger partial charge in [0.05, 0.1) is 10.2 Å². The van der Waals surface area contributed by atoms with E-state index in [1.165, 1.54) is 41.9 Å². The lowest BCUT2D eigenvalue weighted by molar-refractivity contribution is 0.331. The summed E-state index contributed by atoms with van der Waals surface area (Å²) in [6.07, 6.45) is 6.19. The molecule has 1 aliphatic rings. The van der Waals surface area contributed by atoms with E-state index in [1.54, 1.807) is 17.7 Å². The maximum absolute atomic E-state index is 4.32. The van der Waals surface area contributed by atoms with Crippen LogP contribution in [0.15, 0.2) is 42.9 Å². The number of nitrogens with zero attached hydrogens (tertiary/aromatic N) is 3. The van der Waals surface area contributed by atoms with Gasteiger partial charge in [-0.2, -0.15) is 0 Å². The fourth-order valence-corrected chi connectivity index (χ4v) is 3.93. The molecule has 1 aromatic carbocycles. The monoisotopic (exact) mass is 295 g/mol. The second-order valence-corrected chi connectivity index (χ2v) is 6.65. The van der Waals surface area contributed by atoms with E-state index in [1.807, 2.05) is 6.20 Å². The molecular formula is C17H17N3S. The number of rotatable bonds is 3. The van der Waals surface area contributed by atoms with Gasteiger partial charge in [-0.3, -0.25) is 4.90 Å². The SMILES string of the molecule is c1cc(CN2CCCC2)cc(-c2cc3ncncc3s2)c1. The Morgan fingerprint density at radius 3 is 2.90 bits per heavy atom. The van der Waals surface area contributed by atoms with Gasteiger partial charge in [-0.05, 0) is 49.2 Å². The first-order chi connectivity index (χ1) is 10.4. The van der Waals surface area contributed by atoms with Gasteiger partial charge in [0.25, 0.3) is 0 Å². The van der Waals surface area contributed by atoms with Crippen LogP contribution in [0, 0.1) is 0 Å². The van der Waals surface area contributed by atoms with Crippen LogP contribution in [0.25, 0.3) is 20.7 Å². The van der Waals surface area contributed by atoms with E-state index in [2.05, 4.69) is 45.2 Å². The number of aromatic nitrogens is 2. The Hall–Kier alpha value is -1.78. The highest BCUT2D eigenvalue weighted by atomic mass is 32.1. The van der Waals surface area contributed by atoms with E-state index < -0.39 is 0 Å². The summed E-state index contributed by atoms with van der Waals surface area (Å²) in [6.45, 7) is 3.55. The lowest BCUT2D eigenvalue weighted by Gasteiger charge is -2.14. The Labute approximate surface area is 128 Å². The van der Waals surface area contributed by atoms with Crippen LogP contribution in [-0.2, 0) is 6.54 Å². The molecule has 3 heterocycles. The Balaban J connectivity index is 1.64. The maximum Gasteiger partial charge on any atom is 0.116 e. The van der Waals surface area contributed by atoms with Crippen LogP contribution in [0.2, 0.25) is 0 Å². The zero-order valence-electron chi connectivity index (χ0n) is 11.8. The molecule has 4 heteroatoms. The lowest BCUT2D eigenvalue weighted by atomic mass is 10.1. The molecule has 0 radical (unpaired) electrons. The number of thiophene rings is 1. The first kappa shape index (κ1) is 12.9. The van der Waals surface area contributed by atoms with Crippen molar-refractivity contribution in [2.45, 2.75) is 19.4 Å². The van der Waals surface area contributed by atoms with Crippen LogP contribution in [0.3, 0.4) is 0 Å². The van der Waals surface area contributed by atoms with Gasteiger partial charge < -0.3 is 0 Å². The van der Waals surface area contributed by atoms with Crippen molar-refractivity contribution in [3.05, 3.63) is 48.4 Å². The summed E-state index contributed by atoms with van der Waals surface area (Å²) >= 11 is 1.76. The number of hydrogen-bond acceptors (Lipinski definition) is 4. The first-order valence-electron chi connectivity index (χ1n) is 7.40. The van der Waals surface area contributed by atoms with Crippen molar-refractivity contribution in [3.8, 4) is 10.4 Å². The van der Waals surface area contributed by atoms with Gasteiger partial charge in [0, 0.05) is 17.6 Å². The highest BCUT2D eigenvalue weighted by molar-refractivity contribution is 7.22. The van der Waals surface area contributed by atoms with E-state index >= 15 is 0 Å². The standard InChI is InChI=1S/C17H17N3S/c1-2-7-20(6-1)11-13-4-3-5-14(8-13)16-9-15-17(21-16)10-18-12-19-15/h3-5,8-10,12H,1-2,6-7,11H2. The first-order valence-corrected chi connectivity index (χ1v) is 8.21. The zero-order valence-corrected chi connectivity index (χ0v) is 12.6. The summed E-state index contributed by atoms with van der Waals surface area (Å²) in [7, 11) is 0. The normalized spacial score (nSPS) is 15.8. The largest absolute Gasteiger partial charge is 0.299 e. The Bertz CT molecular complexity index is 726. The van der Waals surface area contributed by atoms with Crippen molar-refractivity contribution in [1.82, 2.24) is 14.9 Å². The molecule has 0 amide bonds. The molecular weight excluding hydrogens is 278 g/mol. The smallest absolute Gasteiger partial charge is 0.116 e. The fourth-order valence-electron chi connectivity index (χ4n) is 2.95. The molecule has 21 heavy (non-hydrogen) atoms. The van der Waals surface area contributed by atoms with Crippen molar-refractivity contribution in [2.75, 3.05) is 13.1 Å². The molecule has 2 aromatic heterocycles. The molecule has 3 nitrogen and oxygen atoms in total. The maximum atomic E-state index is 4.32. The van der Waals surface area contributed by atoms with E-state index in [0.717, 1.165) is 16.8 Å². The molecule has 0 atom stereocenters.